The minimum atomic E-state index is -3.67. The molecule has 0 aliphatic carbocycles. The van der Waals surface area contributed by atoms with Gasteiger partial charge in [0.05, 0.1) is 4.90 Å². The van der Waals surface area contributed by atoms with Gasteiger partial charge in [-0.15, -0.1) is 0 Å². The monoisotopic (exact) mass is 463 g/mol. The van der Waals surface area contributed by atoms with Crippen LogP contribution in [0.2, 0.25) is 0 Å². The molecule has 33 heavy (non-hydrogen) atoms. The first-order chi connectivity index (χ1) is 15.8. The molecule has 170 valence electrons. The molecule has 1 fully saturated rings. The van der Waals surface area contributed by atoms with E-state index in [1.807, 2.05) is 36.4 Å². The molecule has 1 aliphatic rings. The van der Waals surface area contributed by atoms with Crippen molar-refractivity contribution in [2.75, 3.05) is 23.8 Å². The van der Waals surface area contributed by atoms with Crippen LogP contribution in [0.1, 0.15) is 28.8 Å². The van der Waals surface area contributed by atoms with Crippen molar-refractivity contribution in [2.45, 2.75) is 24.3 Å². The second-order valence-electron chi connectivity index (χ2n) is 7.92. The molecule has 3 aromatic carbocycles. The lowest BCUT2D eigenvalue weighted by molar-refractivity contribution is -0.117. The molecule has 0 saturated carbocycles. The van der Waals surface area contributed by atoms with E-state index < -0.39 is 10.0 Å². The number of carbonyl (C=O) groups is 2. The van der Waals surface area contributed by atoms with Gasteiger partial charge in [-0.1, -0.05) is 36.4 Å². The van der Waals surface area contributed by atoms with Gasteiger partial charge in [-0.05, 0) is 54.4 Å². The lowest BCUT2D eigenvalue weighted by Gasteiger charge is -2.18. The molecule has 0 aromatic heterocycles. The summed E-state index contributed by atoms with van der Waals surface area (Å²) in [5, 5.41) is 2.78. The van der Waals surface area contributed by atoms with Gasteiger partial charge in [-0.2, -0.15) is 4.31 Å². The molecule has 0 spiro atoms. The van der Waals surface area contributed by atoms with Crippen LogP contribution < -0.4 is 10.2 Å². The molecule has 1 heterocycles. The zero-order valence-electron chi connectivity index (χ0n) is 18.3. The maximum Gasteiger partial charge on any atom is 0.255 e. The van der Waals surface area contributed by atoms with E-state index >= 15 is 0 Å². The molecule has 0 atom stereocenters. The summed E-state index contributed by atoms with van der Waals surface area (Å²) in [7, 11) is -2.13. The highest BCUT2D eigenvalue weighted by Crippen LogP contribution is 2.23. The summed E-state index contributed by atoms with van der Waals surface area (Å²) in [6.07, 6.45) is 1.33. The standard InChI is InChI=1S/C25H25N3O4S/c1-27(18-19-7-3-2-4-8-19)33(31,32)23-14-12-21(13-15-23)26-25(30)20-9-5-10-22(17-20)28-16-6-11-24(28)29/h2-5,7-10,12-15,17H,6,11,16,18H2,1H3,(H,26,30). The van der Waals surface area contributed by atoms with E-state index in [9.17, 15) is 18.0 Å². The van der Waals surface area contributed by atoms with Crippen molar-refractivity contribution in [3.63, 3.8) is 0 Å². The van der Waals surface area contributed by atoms with Gasteiger partial charge in [0.15, 0.2) is 0 Å². The molecule has 4 rings (SSSR count). The lowest BCUT2D eigenvalue weighted by atomic mass is 10.1. The zero-order valence-corrected chi connectivity index (χ0v) is 19.1. The normalized spacial score (nSPS) is 14.0. The Bertz CT molecular complexity index is 1260. The number of carbonyl (C=O) groups excluding carboxylic acids is 2. The second-order valence-corrected chi connectivity index (χ2v) is 9.97. The number of benzene rings is 3. The molecule has 0 bridgehead atoms. The molecule has 2 amide bonds. The number of hydrogen-bond acceptors (Lipinski definition) is 4. The fraction of sp³-hybridized carbons (Fsp3) is 0.200. The number of rotatable bonds is 7. The predicted molar refractivity (Wildman–Crippen MR) is 128 cm³/mol. The Morgan fingerprint density at radius 1 is 1.00 bits per heavy atom. The highest BCUT2D eigenvalue weighted by molar-refractivity contribution is 7.89. The third-order valence-electron chi connectivity index (χ3n) is 5.56. The number of nitrogens with zero attached hydrogens (tertiary/aromatic N) is 2. The number of anilines is 2. The Balaban J connectivity index is 1.44. The van der Waals surface area contributed by atoms with E-state index in [0.717, 1.165) is 12.0 Å². The summed E-state index contributed by atoms with van der Waals surface area (Å²) in [5.74, 6) is -0.276. The highest BCUT2D eigenvalue weighted by Gasteiger charge is 2.23. The quantitative estimate of drug-likeness (QED) is 0.576. The van der Waals surface area contributed by atoms with E-state index in [-0.39, 0.29) is 23.3 Å². The molecule has 3 aromatic rings. The average Bonchev–Trinajstić information content (AvgIpc) is 3.26. The fourth-order valence-electron chi connectivity index (χ4n) is 3.76. The maximum absolute atomic E-state index is 12.9. The highest BCUT2D eigenvalue weighted by atomic mass is 32.2. The Kier molecular flexibility index (Phi) is 6.57. The maximum atomic E-state index is 12.9. The Labute approximate surface area is 193 Å². The molecule has 0 unspecified atom stereocenters. The van der Waals surface area contributed by atoms with Crippen molar-refractivity contribution in [1.29, 1.82) is 0 Å². The van der Waals surface area contributed by atoms with E-state index in [1.165, 1.54) is 23.5 Å². The first kappa shape index (κ1) is 22.7. The molecule has 0 radical (unpaired) electrons. The van der Waals surface area contributed by atoms with Crippen molar-refractivity contribution in [2.24, 2.45) is 0 Å². The van der Waals surface area contributed by atoms with Gasteiger partial charge in [-0.25, -0.2) is 8.42 Å². The van der Waals surface area contributed by atoms with Crippen molar-refractivity contribution >= 4 is 33.2 Å². The first-order valence-electron chi connectivity index (χ1n) is 10.7. The smallest absolute Gasteiger partial charge is 0.255 e. The zero-order chi connectivity index (χ0) is 23.4. The molecule has 1 aliphatic heterocycles. The minimum Gasteiger partial charge on any atom is -0.322 e. The van der Waals surface area contributed by atoms with Gasteiger partial charge in [0.2, 0.25) is 15.9 Å². The van der Waals surface area contributed by atoms with Crippen LogP contribution >= 0.6 is 0 Å². The van der Waals surface area contributed by atoms with E-state index in [1.54, 1.807) is 35.2 Å². The van der Waals surface area contributed by atoms with Gasteiger partial charge in [-0.3, -0.25) is 9.59 Å². The fourth-order valence-corrected chi connectivity index (χ4v) is 4.91. The van der Waals surface area contributed by atoms with Crippen molar-refractivity contribution in [3.05, 3.63) is 90.0 Å². The molecular formula is C25H25N3O4S. The largest absolute Gasteiger partial charge is 0.322 e. The van der Waals surface area contributed by atoms with Crippen LogP contribution in [-0.4, -0.2) is 38.1 Å². The third-order valence-corrected chi connectivity index (χ3v) is 7.38. The van der Waals surface area contributed by atoms with Crippen molar-refractivity contribution in [3.8, 4) is 0 Å². The number of amides is 2. The van der Waals surface area contributed by atoms with Gasteiger partial charge in [0.25, 0.3) is 5.91 Å². The third kappa shape index (κ3) is 5.13. The SMILES string of the molecule is CN(Cc1ccccc1)S(=O)(=O)c1ccc(NC(=O)c2cccc(N3CCCC3=O)c2)cc1. The van der Waals surface area contributed by atoms with Crippen LogP contribution in [0.3, 0.4) is 0 Å². The first-order valence-corrected chi connectivity index (χ1v) is 12.1. The Morgan fingerprint density at radius 3 is 2.39 bits per heavy atom. The molecular weight excluding hydrogens is 438 g/mol. The number of sulfonamides is 1. The molecule has 1 N–H and O–H groups in total. The number of nitrogens with one attached hydrogen (secondary N) is 1. The van der Waals surface area contributed by atoms with Gasteiger partial charge in [0, 0.05) is 43.5 Å². The van der Waals surface area contributed by atoms with Gasteiger partial charge < -0.3 is 10.2 Å². The molecule has 1 saturated heterocycles. The molecule has 7 nitrogen and oxygen atoms in total. The summed E-state index contributed by atoms with van der Waals surface area (Å²) in [5.41, 5.74) is 2.50. The lowest BCUT2D eigenvalue weighted by Crippen LogP contribution is -2.26. The van der Waals surface area contributed by atoms with Crippen LogP contribution in [0.15, 0.2) is 83.8 Å². The molecule has 8 heteroatoms. The van der Waals surface area contributed by atoms with Crippen molar-refractivity contribution < 1.29 is 18.0 Å². The summed E-state index contributed by atoms with van der Waals surface area (Å²) in [6, 6.07) is 22.4. The van der Waals surface area contributed by atoms with E-state index in [0.29, 0.717) is 29.9 Å². The second kappa shape index (κ2) is 9.56. The average molecular weight is 464 g/mol. The van der Waals surface area contributed by atoms with E-state index in [4.69, 9.17) is 0 Å². The summed E-state index contributed by atoms with van der Waals surface area (Å²) >= 11 is 0. The van der Waals surface area contributed by atoms with Crippen LogP contribution in [0.5, 0.6) is 0 Å². The summed E-state index contributed by atoms with van der Waals surface area (Å²) in [4.78, 5) is 26.5. The van der Waals surface area contributed by atoms with E-state index in [2.05, 4.69) is 5.32 Å². The van der Waals surface area contributed by atoms with Gasteiger partial charge >= 0.3 is 0 Å². The predicted octanol–water partition coefficient (Wildman–Crippen LogP) is 3.89. The Hall–Kier alpha value is -3.49. The van der Waals surface area contributed by atoms with Crippen LogP contribution in [0.25, 0.3) is 0 Å². The minimum absolute atomic E-state index is 0.0570. The topological polar surface area (TPSA) is 86.8 Å². The Morgan fingerprint density at radius 2 is 1.73 bits per heavy atom. The van der Waals surface area contributed by atoms with Crippen LogP contribution in [0.4, 0.5) is 11.4 Å². The summed E-state index contributed by atoms with van der Waals surface area (Å²) in [6.45, 7) is 0.913. The number of hydrogen-bond donors (Lipinski definition) is 1. The van der Waals surface area contributed by atoms with Crippen LogP contribution in [0, 0.1) is 0 Å². The van der Waals surface area contributed by atoms with Crippen LogP contribution in [-0.2, 0) is 21.4 Å². The van der Waals surface area contributed by atoms with Gasteiger partial charge in [0.1, 0.15) is 0 Å². The summed E-state index contributed by atoms with van der Waals surface area (Å²) < 4.78 is 27.1. The van der Waals surface area contributed by atoms with Crippen molar-refractivity contribution in [1.82, 2.24) is 4.31 Å².